The van der Waals surface area contributed by atoms with Crippen molar-refractivity contribution in [3.8, 4) is 0 Å². The molecule has 0 aliphatic heterocycles. The minimum absolute atomic E-state index is 0.00972. The van der Waals surface area contributed by atoms with E-state index >= 15 is 0 Å². The minimum Gasteiger partial charge on any atom is -0.356 e. The van der Waals surface area contributed by atoms with Gasteiger partial charge in [-0.3, -0.25) is 9.59 Å². The number of rotatable bonds is 8. The van der Waals surface area contributed by atoms with Gasteiger partial charge in [0.2, 0.25) is 11.8 Å². The maximum Gasteiger partial charge on any atom is 0.241 e. The second kappa shape index (κ2) is 9.13. The Morgan fingerprint density at radius 1 is 1.14 bits per heavy atom. The highest BCUT2D eigenvalue weighted by Gasteiger charge is 2.12. The summed E-state index contributed by atoms with van der Waals surface area (Å²) in [5, 5.41) is 8.69. The van der Waals surface area contributed by atoms with Gasteiger partial charge < -0.3 is 16.0 Å². The fraction of sp³-hybridized carbons (Fsp3) is 0.500. The Bertz CT molecular complexity index is 457. The molecule has 5 nitrogen and oxygen atoms in total. The highest BCUT2D eigenvalue weighted by molar-refractivity contribution is 5.94. The van der Waals surface area contributed by atoms with Crippen molar-refractivity contribution >= 4 is 17.5 Å². The molecule has 3 N–H and O–H groups in total. The Hall–Kier alpha value is -1.88. The molecule has 0 aliphatic carbocycles. The molecule has 21 heavy (non-hydrogen) atoms. The average molecular weight is 291 g/mol. The van der Waals surface area contributed by atoms with Crippen LogP contribution in [0.5, 0.6) is 0 Å². The first-order chi connectivity index (χ1) is 10.0. The van der Waals surface area contributed by atoms with Crippen LogP contribution in [0, 0.1) is 6.92 Å². The van der Waals surface area contributed by atoms with Gasteiger partial charge in [-0.2, -0.15) is 0 Å². The molecule has 1 atom stereocenters. The molecular formula is C16H25N3O2. The van der Waals surface area contributed by atoms with Crippen LogP contribution in [0.25, 0.3) is 0 Å². The van der Waals surface area contributed by atoms with Crippen LogP contribution in [-0.2, 0) is 9.59 Å². The molecule has 1 aromatic carbocycles. The first kappa shape index (κ1) is 17.2. The number of carbonyl (C=O) groups excluding carboxylic acids is 2. The molecular weight excluding hydrogens is 266 g/mol. The zero-order valence-electron chi connectivity index (χ0n) is 13.0. The van der Waals surface area contributed by atoms with E-state index in [1.807, 2.05) is 38.1 Å². The fourth-order valence-electron chi connectivity index (χ4n) is 1.74. The molecule has 0 saturated carbocycles. The molecule has 0 spiro atoms. The van der Waals surface area contributed by atoms with Crippen LogP contribution < -0.4 is 16.0 Å². The summed E-state index contributed by atoms with van der Waals surface area (Å²) in [7, 11) is 0. The average Bonchev–Trinajstić information content (AvgIpc) is 2.47. The summed E-state index contributed by atoms with van der Waals surface area (Å²) in [6, 6.07) is 7.30. The highest BCUT2D eigenvalue weighted by Crippen LogP contribution is 2.08. The quantitative estimate of drug-likeness (QED) is 0.684. The zero-order chi connectivity index (χ0) is 15.7. The summed E-state index contributed by atoms with van der Waals surface area (Å²) in [6.07, 6.45) is 1.30. The van der Waals surface area contributed by atoms with Crippen LogP contribution in [0.3, 0.4) is 0 Å². The van der Waals surface area contributed by atoms with Crippen molar-refractivity contribution in [3.05, 3.63) is 29.8 Å². The number of aryl methyl sites for hydroxylation is 1. The number of benzene rings is 1. The van der Waals surface area contributed by atoms with Crippen molar-refractivity contribution in [1.29, 1.82) is 0 Å². The van der Waals surface area contributed by atoms with Gasteiger partial charge in [0, 0.05) is 25.2 Å². The van der Waals surface area contributed by atoms with Crippen LogP contribution in [0.2, 0.25) is 0 Å². The summed E-state index contributed by atoms with van der Waals surface area (Å²) in [6.45, 7) is 6.98. The third kappa shape index (κ3) is 6.90. The highest BCUT2D eigenvalue weighted by atomic mass is 16.2. The maximum atomic E-state index is 12.0. The zero-order valence-corrected chi connectivity index (χ0v) is 13.0. The molecule has 5 heteroatoms. The van der Waals surface area contributed by atoms with Crippen molar-refractivity contribution in [3.63, 3.8) is 0 Å². The molecule has 0 aliphatic rings. The lowest BCUT2D eigenvalue weighted by molar-refractivity contribution is -0.121. The van der Waals surface area contributed by atoms with E-state index in [-0.39, 0.29) is 17.9 Å². The predicted molar refractivity (Wildman–Crippen MR) is 85.2 cm³/mol. The lowest BCUT2D eigenvalue weighted by Gasteiger charge is -2.14. The van der Waals surface area contributed by atoms with Crippen LogP contribution in [-0.4, -0.2) is 30.9 Å². The van der Waals surface area contributed by atoms with E-state index in [1.165, 1.54) is 0 Å². The standard InChI is InChI=1S/C16H25N3O2/c1-4-10-18-15(20)9-11-17-13(3)16(21)19-14-7-5-12(2)6-8-14/h5-8,13,17H,4,9-11H2,1-3H3,(H,18,20)(H,19,21). The Morgan fingerprint density at radius 3 is 2.43 bits per heavy atom. The van der Waals surface area contributed by atoms with E-state index in [0.717, 1.165) is 17.7 Å². The van der Waals surface area contributed by atoms with Gasteiger partial charge in [0.1, 0.15) is 0 Å². The van der Waals surface area contributed by atoms with Gasteiger partial charge in [0.05, 0.1) is 6.04 Å². The van der Waals surface area contributed by atoms with E-state index in [4.69, 9.17) is 0 Å². The number of amides is 2. The summed E-state index contributed by atoms with van der Waals surface area (Å²) < 4.78 is 0. The van der Waals surface area contributed by atoms with Gasteiger partial charge in [-0.05, 0) is 32.4 Å². The van der Waals surface area contributed by atoms with E-state index in [1.54, 1.807) is 6.92 Å². The summed E-state index contributed by atoms with van der Waals surface area (Å²) >= 11 is 0. The fourth-order valence-corrected chi connectivity index (χ4v) is 1.74. The number of anilines is 1. The van der Waals surface area contributed by atoms with Crippen molar-refractivity contribution in [2.45, 2.75) is 39.7 Å². The minimum atomic E-state index is -0.342. The monoisotopic (exact) mass is 291 g/mol. The second-order valence-electron chi connectivity index (χ2n) is 5.13. The normalized spacial score (nSPS) is 11.8. The molecule has 1 unspecified atom stereocenters. The van der Waals surface area contributed by atoms with Crippen LogP contribution >= 0.6 is 0 Å². The molecule has 1 aromatic rings. The van der Waals surface area contributed by atoms with Gasteiger partial charge in [0.15, 0.2) is 0 Å². The molecule has 0 heterocycles. The predicted octanol–water partition coefficient (Wildman–Crippen LogP) is 1.83. The van der Waals surface area contributed by atoms with E-state index in [2.05, 4.69) is 16.0 Å². The van der Waals surface area contributed by atoms with E-state index in [9.17, 15) is 9.59 Å². The van der Waals surface area contributed by atoms with Crippen LogP contribution in [0.15, 0.2) is 24.3 Å². The smallest absolute Gasteiger partial charge is 0.241 e. The van der Waals surface area contributed by atoms with Crippen molar-refractivity contribution in [1.82, 2.24) is 10.6 Å². The van der Waals surface area contributed by atoms with Crippen molar-refractivity contribution in [2.75, 3.05) is 18.4 Å². The van der Waals surface area contributed by atoms with Crippen molar-refractivity contribution < 1.29 is 9.59 Å². The third-order valence-corrected chi connectivity index (χ3v) is 3.09. The SMILES string of the molecule is CCCNC(=O)CCNC(C)C(=O)Nc1ccc(C)cc1. The maximum absolute atomic E-state index is 12.0. The molecule has 0 aromatic heterocycles. The van der Waals surface area contributed by atoms with Crippen LogP contribution in [0.1, 0.15) is 32.3 Å². The summed E-state index contributed by atoms with van der Waals surface area (Å²) in [4.78, 5) is 23.4. The van der Waals surface area contributed by atoms with Gasteiger partial charge in [-0.1, -0.05) is 24.6 Å². The molecule has 0 saturated heterocycles. The Balaban J connectivity index is 2.28. The van der Waals surface area contributed by atoms with Gasteiger partial charge in [0.25, 0.3) is 0 Å². The topological polar surface area (TPSA) is 70.2 Å². The Morgan fingerprint density at radius 2 is 1.81 bits per heavy atom. The number of hydrogen-bond donors (Lipinski definition) is 3. The van der Waals surface area contributed by atoms with E-state index in [0.29, 0.717) is 19.5 Å². The molecule has 0 bridgehead atoms. The van der Waals surface area contributed by atoms with Gasteiger partial charge >= 0.3 is 0 Å². The number of hydrogen-bond acceptors (Lipinski definition) is 3. The number of nitrogens with one attached hydrogen (secondary N) is 3. The lowest BCUT2D eigenvalue weighted by atomic mass is 10.2. The van der Waals surface area contributed by atoms with E-state index < -0.39 is 0 Å². The molecule has 2 amide bonds. The molecule has 0 radical (unpaired) electrons. The molecule has 116 valence electrons. The summed E-state index contributed by atoms with van der Waals surface area (Å²) in [5.74, 6) is -0.0942. The first-order valence-electron chi connectivity index (χ1n) is 7.40. The Labute approximate surface area is 126 Å². The van der Waals surface area contributed by atoms with Crippen LogP contribution in [0.4, 0.5) is 5.69 Å². The first-order valence-corrected chi connectivity index (χ1v) is 7.40. The Kier molecular flexibility index (Phi) is 7.46. The second-order valence-corrected chi connectivity index (χ2v) is 5.13. The van der Waals surface area contributed by atoms with Crippen molar-refractivity contribution in [2.24, 2.45) is 0 Å². The summed E-state index contributed by atoms with van der Waals surface area (Å²) in [5.41, 5.74) is 1.93. The third-order valence-electron chi connectivity index (χ3n) is 3.09. The van der Waals surface area contributed by atoms with Gasteiger partial charge in [-0.25, -0.2) is 0 Å². The largest absolute Gasteiger partial charge is 0.356 e. The molecule has 0 fully saturated rings. The lowest BCUT2D eigenvalue weighted by Crippen LogP contribution is -2.40. The number of carbonyl (C=O) groups is 2. The molecule has 1 rings (SSSR count). The van der Waals surface area contributed by atoms with Gasteiger partial charge in [-0.15, -0.1) is 0 Å².